The number of rotatable bonds is 9. The van der Waals surface area contributed by atoms with Gasteiger partial charge in [-0.25, -0.2) is 14.8 Å². The molecule has 0 saturated carbocycles. The lowest BCUT2D eigenvalue weighted by Crippen LogP contribution is -2.25. The molecule has 30 heavy (non-hydrogen) atoms. The largest absolute Gasteiger partial charge is 0.487 e. The van der Waals surface area contributed by atoms with Crippen molar-refractivity contribution in [3.63, 3.8) is 0 Å². The first-order chi connectivity index (χ1) is 14.3. The van der Waals surface area contributed by atoms with Gasteiger partial charge in [0, 0.05) is 24.2 Å². The number of carboxylic acid groups (broad SMARTS) is 1. The summed E-state index contributed by atoms with van der Waals surface area (Å²) in [6, 6.07) is 4.64. The minimum absolute atomic E-state index is 0.00229. The van der Waals surface area contributed by atoms with Crippen molar-refractivity contribution < 1.29 is 24.1 Å². The lowest BCUT2D eigenvalue weighted by molar-refractivity contribution is -0.152. The molecule has 8 nitrogen and oxygen atoms in total. The zero-order valence-electron chi connectivity index (χ0n) is 16.1. The number of hydrogen-bond acceptors (Lipinski definition) is 8. The number of nitrogen functional groups attached to an aromatic ring is 1. The second-order valence-corrected chi connectivity index (χ2v) is 7.82. The number of aromatic nitrogens is 2. The van der Waals surface area contributed by atoms with Crippen molar-refractivity contribution >= 4 is 56.7 Å². The Labute approximate surface area is 186 Å². The van der Waals surface area contributed by atoms with Crippen molar-refractivity contribution in [2.24, 2.45) is 0 Å². The van der Waals surface area contributed by atoms with Gasteiger partial charge in [0.1, 0.15) is 22.1 Å². The Morgan fingerprint density at radius 3 is 2.50 bits per heavy atom. The highest BCUT2D eigenvalue weighted by Gasteiger charge is 2.20. The number of fused-ring (bicyclic) bond motifs is 1. The van der Waals surface area contributed by atoms with Gasteiger partial charge in [0.15, 0.2) is 6.29 Å². The van der Waals surface area contributed by atoms with Gasteiger partial charge >= 0.3 is 5.97 Å². The van der Waals surface area contributed by atoms with E-state index >= 15 is 0 Å². The maximum Gasteiger partial charge on any atom is 0.345 e. The fraction of sp³-hybridized carbons (Fsp3) is 0.316. The first kappa shape index (κ1) is 22.5. The van der Waals surface area contributed by atoms with Crippen LogP contribution in [-0.2, 0) is 9.47 Å². The molecule has 0 aliphatic heterocycles. The van der Waals surface area contributed by atoms with Crippen LogP contribution in [0.3, 0.4) is 0 Å². The molecule has 0 aliphatic rings. The summed E-state index contributed by atoms with van der Waals surface area (Å²) in [5.74, 6) is -0.719. The Morgan fingerprint density at radius 1 is 1.17 bits per heavy atom. The minimum atomic E-state index is -1.06. The van der Waals surface area contributed by atoms with Crippen LogP contribution in [-0.4, -0.2) is 47.2 Å². The lowest BCUT2D eigenvalue weighted by atomic mass is 10.1. The Morgan fingerprint density at radius 2 is 1.87 bits per heavy atom. The third-order valence-electron chi connectivity index (χ3n) is 3.98. The molecule has 0 saturated heterocycles. The van der Waals surface area contributed by atoms with Crippen molar-refractivity contribution in [1.29, 1.82) is 0 Å². The summed E-state index contributed by atoms with van der Waals surface area (Å²) in [6.07, 6.45) is -0.549. The van der Waals surface area contributed by atoms with Gasteiger partial charge in [-0.1, -0.05) is 23.2 Å². The number of carboxylic acids is 1. The van der Waals surface area contributed by atoms with E-state index in [1.54, 1.807) is 6.07 Å². The van der Waals surface area contributed by atoms with Gasteiger partial charge < -0.3 is 25.1 Å². The second kappa shape index (κ2) is 9.76. The molecule has 3 aromatic rings. The fourth-order valence-electron chi connectivity index (χ4n) is 2.74. The van der Waals surface area contributed by atoms with Crippen LogP contribution in [0.5, 0.6) is 5.75 Å². The van der Waals surface area contributed by atoms with E-state index in [1.807, 2.05) is 13.8 Å². The van der Waals surface area contributed by atoms with E-state index in [0.29, 0.717) is 50.5 Å². The zero-order valence-corrected chi connectivity index (χ0v) is 18.5. The van der Waals surface area contributed by atoms with Gasteiger partial charge in [-0.15, -0.1) is 11.3 Å². The molecule has 2 heterocycles. The summed E-state index contributed by atoms with van der Waals surface area (Å²) in [6.45, 7) is 4.77. The molecule has 1 aromatic carbocycles. The predicted molar refractivity (Wildman–Crippen MR) is 117 cm³/mol. The fourth-order valence-corrected chi connectivity index (χ4v) is 4.15. The monoisotopic (exact) mass is 471 g/mol. The average Bonchev–Trinajstić information content (AvgIpc) is 3.11. The highest BCUT2D eigenvalue weighted by atomic mass is 35.5. The van der Waals surface area contributed by atoms with Crippen LogP contribution in [0.25, 0.3) is 21.5 Å². The van der Waals surface area contributed by atoms with Crippen LogP contribution < -0.4 is 10.5 Å². The Kier molecular flexibility index (Phi) is 7.32. The summed E-state index contributed by atoms with van der Waals surface area (Å²) in [5.41, 5.74) is 6.70. The standard InChI is InChI=1S/C19H19Cl2N3O5S/c1-3-27-15(28-4-2)8-29-13-5-9(11(20)7-12(13)21)16-10-6-14(18(25)26)30-17(10)24-19(22)23-16/h5-7,15H,3-4,8H2,1-2H3,(H,25,26)(H2,22,23,24). The highest BCUT2D eigenvalue weighted by Crippen LogP contribution is 2.40. The molecule has 0 aliphatic carbocycles. The molecule has 0 atom stereocenters. The van der Waals surface area contributed by atoms with Gasteiger partial charge in [0.25, 0.3) is 0 Å². The topological polar surface area (TPSA) is 117 Å². The summed E-state index contributed by atoms with van der Waals surface area (Å²) < 4.78 is 16.7. The van der Waals surface area contributed by atoms with E-state index in [0.717, 1.165) is 11.3 Å². The van der Waals surface area contributed by atoms with Gasteiger partial charge in [0.05, 0.1) is 15.7 Å². The van der Waals surface area contributed by atoms with Crippen molar-refractivity contribution in [3.05, 3.63) is 33.1 Å². The first-order valence-corrected chi connectivity index (χ1v) is 10.6. The SMILES string of the molecule is CCOC(COc1cc(-c2nc(N)nc3sc(C(=O)O)cc23)c(Cl)cc1Cl)OCC. The molecular formula is C19H19Cl2N3O5S. The summed E-state index contributed by atoms with van der Waals surface area (Å²) in [4.78, 5) is 20.3. The molecule has 2 aromatic heterocycles. The van der Waals surface area contributed by atoms with Crippen LogP contribution >= 0.6 is 34.5 Å². The molecule has 0 bridgehead atoms. The van der Waals surface area contributed by atoms with Crippen molar-refractivity contribution in [3.8, 4) is 17.0 Å². The number of halogens is 2. The number of ether oxygens (including phenoxy) is 3. The number of anilines is 1. The molecule has 0 fully saturated rings. The summed E-state index contributed by atoms with van der Waals surface area (Å²) in [7, 11) is 0. The van der Waals surface area contributed by atoms with E-state index in [9.17, 15) is 9.90 Å². The van der Waals surface area contributed by atoms with E-state index < -0.39 is 12.3 Å². The highest BCUT2D eigenvalue weighted by molar-refractivity contribution is 7.20. The number of hydrogen-bond donors (Lipinski definition) is 2. The number of thiophene rings is 1. The quantitative estimate of drug-likeness (QED) is 0.430. The smallest absolute Gasteiger partial charge is 0.345 e. The third kappa shape index (κ3) is 4.93. The number of nitrogens with two attached hydrogens (primary N) is 1. The van der Waals surface area contributed by atoms with Crippen LogP contribution in [0, 0.1) is 0 Å². The van der Waals surface area contributed by atoms with Crippen LogP contribution in [0.15, 0.2) is 18.2 Å². The average molecular weight is 472 g/mol. The van der Waals surface area contributed by atoms with Gasteiger partial charge in [0.2, 0.25) is 5.95 Å². The third-order valence-corrected chi connectivity index (χ3v) is 5.60. The van der Waals surface area contributed by atoms with Crippen LogP contribution in [0.1, 0.15) is 23.5 Å². The van der Waals surface area contributed by atoms with Gasteiger partial charge in [-0.2, -0.15) is 0 Å². The Hall–Kier alpha value is -2.17. The number of nitrogens with zero attached hydrogens (tertiary/aromatic N) is 2. The van der Waals surface area contributed by atoms with E-state index in [4.69, 9.17) is 43.1 Å². The Balaban J connectivity index is 2.02. The van der Waals surface area contributed by atoms with E-state index in [-0.39, 0.29) is 17.4 Å². The summed E-state index contributed by atoms with van der Waals surface area (Å²) >= 11 is 13.7. The van der Waals surface area contributed by atoms with E-state index in [1.165, 1.54) is 12.1 Å². The van der Waals surface area contributed by atoms with Crippen molar-refractivity contribution in [2.75, 3.05) is 25.6 Å². The minimum Gasteiger partial charge on any atom is -0.487 e. The van der Waals surface area contributed by atoms with Crippen molar-refractivity contribution in [1.82, 2.24) is 9.97 Å². The Bertz CT molecular complexity index is 1070. The lowest BCUT2D eigenvalue weighted by Gasteiger charge is -2.18. The van der Waals surface area contributed by atoms with Crippen molar-refractivity contribution in [2.45, 2.75) is 20.1 Å². The predicted octanol–water partition coefficient (Wildman–Crippen LogP) is 4.72. The van der Waals surface area contributed by atoms with Gasteiger partial charge in [-0.05, 0) is 32.0 Å². The number of aromatic carboxylic acids is 1. The molecule has 3 N–H and O–H groups in total. The summed E-state index contributed by atoms with van der Waals surface area (Å²) in [5, 5.41) is 10.4. The molecule has 160 valence electrons. The maximum atomic E-state index is 11.4. The number of carbonyl (C=O) groups is 1. The molecule has 0 spiro atoms. The second-order valence-electron chi connectivity index (χ2n) is 5.98. The zero-order chi connectivity index (χ0) is 21.8. The molecule has 0 unspecified atom stereocenters. The first-order valence-electron chi connectivity index (χ1n) is 8.99. The van der Waals surface area contributed by atoms with Gasteiger partial charge in [-0.3, -0.25) is 0 Å². The maximum absolute atomic E-state index is 11.4. The van der Waals surface area contributed by atoms with Crippen LogP contribution in [0.4, 0.5) is 5.95 Å². The normalized spacial score (nSPS) is 11.4. The molecule has 0 radical (unpaired) electrons. The molecule has 3 rings (SSSR count). The van der Waals surface area contributed by atoms with E-state index in [2.05, 4.69) is 9.97 Å². The molecule has 0 amide bonds. The molecular weight excluding hydrogens is 453 g/mol. The van der Waals surface area contributed by atoms with Crippen LogP contribution in [0.2, 0.25) is 10.0 Å². The molecule has 11 heteroatoms. The number of benzene rings is 1.